The van der Waals surface area contributed by atoms with Crippen molar-refractivity contribution in [2.75, 3.05) is 31.1 Å². The monoisotopic (exact) mass is 370 g/mol. The third kappa shape index (κ3) is 4.56. The number of fused-ring (bicyclic) bond motifs is 1. The van der Waals surface area contributed by atoms with Crippen molar-refractivity contribution in [1.82, 2.24) is 15.3 Å². The van der Waals surface area contributed by atoms with Gasteiger partial charge in [0.05, 0.1) is 11.2 Å². The van der Waals surface area contributed by atoms with E-state index in [9.17, 15) is 9.90 Å². The number of aromatic nitrogens is 2. The van der Waals surface area contributed by atoms with Gasteiger partial charge in [0.25, 0.3) is 0 Å². The molecule has 1 aliphatic rings. The summed E-state index contributed by atoms with van der Waals surface area (Å²) in [7, 11) is 0. The first kappa shape index (κ1) is 19.5. The summed E-state index contributed by atoms with van der Waals surface area (Å²) in [4.78, 5) is 24.0. The average molecular weight is 370 g/mol. The van der Waals surface area contributed by atoms with Gasteiger partial charge in [0.15, 0.2) is 0 Å². The van der Waals surface area contributed by atoms with Crippen LogP contribution in [0.3, 0.4) is 0 Å². The smallest absolute Gasteiger partial charge is 0.226 e. The van der Waals surface area contributed by atoms with Crippen LogP contribution in [-0.2, 0) is 4.79 Å². The Morgan fingerprint density at radius 1 is 1.26 bits per heavy atom. The molecule has 1 fully saturated rings. The van der Waals surface area contributed by atoms with Crippen LogP contribution in [-0.4, -0.2) is 47.2 Å². The number of aryl methyl sites for hydroxylation is 2. The third-order valence-corrected chi connectivity index (χ3v) is 5.35. The van der Waals surface area contributed by atoms with Crippen LogP contribution in [0.1, 0.15) is 37.9 Å². The largest absolute Gasteiger partial charge is 0.396 e. The second-order valence-electron chi connectivity index (χ2n) is 8.43. The van der Waals surface area contributed by atoms with Crippen molar-refractivity contribution in [2.24, 2.45) is 11.3 Å². The van der Waals surface area contributed by atoms with E-state index in [1.54, 1.807) is 0 Å². The minimum atomic E-state index is -0.287. The van der Waals surface area contributed by atoms with E-state index in [0.29, 0.717) is 6.54 Å². The van der Waals surface area contributed by atoms with Gasteiger partial charge in [0, 0.05) is 43.0 Å². The highest BCUT2D eigenvalue weighted by molar-refractivity contribution is 5.82. The first-order valence-electron chi connectivity index (χ1n) is 9.67. The molecule has 2 heterocycles. The number of benzene rings is 1. The highest BCUT2D eigenvalue weighted by atomic mass is 16.3. The Morgan fingerprint density at radius 3 is 2.63 bits per heavy atom. The molecule has 0 bridgehead atoms. The second-order valence-corrected chi connectivity index (χ2v) is 8.43. The lowest BCUT2D eigenvalue weighted by Gasteiger charge is -2.32. The maximum atomic E-state index is 12.4. The molecule has 1 saturated heterocycles. The Kier molecular flexibility index (Phi) is 5.65. The molecule has 6 nitrogen and oxygen atoms in total. The Balaban J connectivity index is 1.63. The molecule has 0 saturated carbocycles. The Morgan fingerprint density at radius 2 is 1.96 bits per heavy atom. The number of piperidine rings is 1. The fourth-order valence-electron chi connectivity index (χ4n) is 3.39. The standard InChI is InChI=1S/C21H30N4O2/c1-14-5-6-18-17(11-14)15(2)23-20(24-18)25-9-7-16(8-10-25)19(27)22-12-21(3,4)13-26/h5-6,11,16,26H,7-10,12-13H2,1-4H3,(H,22,27). The summed E-state index contributed by atoms with van der Waals surface area (Å²) in [6.45, 7) is 10.1. The quantitative estimate of drug-likeness (QED) is 0.846. The van der Waals surface area contributed by atoms with Crippen LogP contribution in [0.2, 0.25) is 0 Å². The van der Waals surface area contributed by atoms with E-state index >= 15 is 0 Å². The first-order valence-corrected chi connectivity index (χ1v) is 9.67. The molecule has 0 radical (unpaired) electrons. The first-order chi connectivity index (χ1) is 12.8. The Labute approximate surface area is 161 Å². The van der Waals surface area contributed by atoms with Crippen LogP contribution in [0.5, 0.6) is 0 Å². The van der Waals surface area contributed by atoms with E-state index in [-0.39, 0.29) is 23.8 Å². The molecule has 1 aliphatic heterocycles. The topological polar surface area (TPSA) is 78.4 Å². The molecule has 6 heteroatoms. The summed E-state index contributed by atoms with van der Waals surface area (Å²) in [5, 5.41) is 13.4. The van der Waals surface area contributed by atoms with E-state index in [1.165, 1.54) is 5.56 Å². The molecule has 1 aromatic carbocycles. The zero-order chi connectivity index (χ0) is 19.6. The van der Waals surface area contributed by atoms with Crippen molar-refractivity contribution in [1.29, 1.82) is 0 Å². The average Bonchev–Trinajstić information content (AvgIpc) is 2.67. The number of carbonyl (C=O) groups is 1. The molecule has 27 heavy (non-hydrogen) atoms. The van der Waals surface area contributed by atoms with Crippen molar-refractivity contribution in [3.05, 3.63) is 29.5 Å². The van der Waals surface area contributed by atoms with Gasteiger partial charge in [0.1, 0.15) is 0 Å². The predicted octanol–water partition coefficient (Wildman–Crippen LogP) is 2.60. The Hall–Kier alpha value is -2.21. The highest BCUT2D eigenvalue weighted by Crippen LogP contribution is 2.25. The lowest BCUT2D eigenvalue weighted by molar-refractivity contribution is -0.126. The fourth-order valence-corrected chi connectivity index (χ4v) is 3.39. The molecule has 1 aromatic heterocycles. The summed E-state index contributed by atoms with van der Waals surface area (Å²) in [5.74, 6) is 0.853. The number of rotatable bonds is 5. The molecular weight excluding hydrogens is 340 g/mol. The van der Waals surface area contributed by atoms with E-state index in [0.717, 1.165) is 48.5 Å². The number of amides is 1. The fraction of sp³-hybridized carbons (Fsp3) is 0.571. The third-order valence-electron chi connectivity index (χ3n) is 5.35. The van der Waals surface area contributed by atoms with Crippen molar-refractivity contribution < 1.29 is 9.90 Å². The summed E-state index contributed by atoms with van der Waals surface area (Å²) in [6, 6.07) is 6.24. The van der Waals surface area contributed by atoms with Crippen molar-refractivity contribution in [3.8, 4) is 0 Å². The van der Waals surface area contributed by atoms with Crippen LogP contribution in [0.15, 0.2) is 18.2 Å². The highest BCUT2D eigenvalue weighted by Gasteiger charge is 2.27. The van der Waals surface area contributed by atoms with Gasteiger partial charge < -0.3 is 15.3 Å². The van der Waals surface area contributed by atoms with Crippen molar-refractivity contribution in [2.45, 2.75) is 40.5 Å². The summed E-state index contributed by atoms with van der Waals surface area (Å²) >= 11 is 0. The van der Waals surface area contributed by atoms with Crippen LogP contribution in [0, 0.1) is 25.2 Å². The maximum absolute atomic E-state index is 12.4. The van der Waals surface area contributed by atoms with Gasteiger partial charge in [-0.1, -0.05) is 25.5 Å². The van der Waals surface area contributed by atoms with E-state index in [4.69, 9.17) is 9.97 Å². The molecular formula is C21H30N4O2. The number of aliphatic hydroxyl groups is 1. The second kappa shape index (κ2) is 7.80. The van der Waals surface area contributed by atoms with Gasteiger partial charge in [-0.15, -0.1) is 0 Å². The van der Waals surface area contributed by atoms with Gasteiger partial charge in [-0.3, -0.25) is 4.79 Å². The van der Waals surface area contributed by atoms with E-state index in [1.807, 2.05) is 26.8 Å². The number of hydrogen-bond donors (Lipinski definition) is 2. The molecule has 3 rings (SSSR count). The van der Waals surface area contributed by atoms with Crippen molar-refractivity contribution in [3.63, 3.8) is 0 Å². The molecule has 0 aliphatic carbocycles. The maximum Gasteiger partial charge on any atom is 0.226 e. The van der Waals surface area contributed by atoms with Gasteiger partial charge in [-0.25, -0.2) is 9.97 Å². The van der Waals surface area contributed by atoms with E-state index < -0.39 is 0 Å². The van der Waals surface area contributed by atoms with Gasteiger partial charge in [0.2, 0.25) is 11.9 Å². The Bertz CT molecular complexity index is 826. The van der Waals surface area contributed by atoms with Crippen LogP contribution in [0.25, 0.3) is 10.9 Å². The van der Waals surface area contributed by atoms with E-state index in [2.05, 4.69) is 29.3 Å². The normalized spacial score (nSPS) is 16.0. The van der Waals surface area contributed by atoms with Crippen LogP contribution >= 0.6 is 0 Å². The molecule has 146 valence electrons. The van der Waals surface area contributed by atoms with Crippen LogP contribution in [0.4, 0.5) is 5.95 Å². The van der Waals surface area contributed by atoms with Crippen LogP contribution < -0.4 is 10.2 Å². The minimum Gasteiger partial charge on any atom is -0.396 e. The minimum absolute atomic E-state index is 0.0138. The molecule has 2 N–H and O–H groups in total. The summed E-state index contributed by atoms with van der Waals surface area (Å²) in [5.41, 5.74) is 2.88. The SMILES string of the molecule is Cc1ccc2nc(N3CCC(C(=O)NCC(C)(C)CO)CC3)nc(C)c2c1. The summed E-state index contributed by atoms with van der Waals surface area (Å²) < 4.78 is 0. The van der Waals surface area contributed by atoms with Gasteiger partial charge in [-0.05, 0) is 38.8 Å². The van der Waals surface area contributed by atoms with Gasteiger partial charge in [-0.2, -0.15) is 0 Å². The zero-order valence-corrected chi connectivity index (χ0v) is 16.7. The molecule has 1 amide bonds. The number of nitrogens with one attached hydrogen (secondary N) is 1. The molecule has 0 unspecified atom stereocenters. The predicted molar refractivity (Wildman–Crippen MR) is 108 cm³/mol. The number of aliphatic hydroxyl groups excluding tert-OH is 1. The lowest BCUT2D eigenvalue weighted by Crippen LogP contribution is -2.44. The number of carbonyl (C=O) groups excluding carboxylic acids is 1. The molecule has 0 atom stereocenters. The molecule has 0 spiro atoms. The number of nitrogens with zero attached hydrogens (tertiary/aromatic N) is 3. The number of anilines is 1. The number of hydrogen-bond acceptors (Lipinski definition) is 5. The zero-order valence-electron chi connectivity index (χ0n) is 16.7. The van der Waals surface area contributed by atoms with Gasteiger partial charge >= 0.3 is 0 Å². The summed E-state index contributed by atoms with van der Waals surface area (Å²) in [6.07, 6.45) is 1.58. The van der Waals surface area contributed by atoms with Crippen molar-refractivity contribution >= 4 is 22.8 Å². The lowest BCUT2D eigenvalue weighted by atomic mass is 9.93. The molecule has 2 aromatic rings.